The fourth-order valence-corrected chi connectivity index (χ4v) is 1.86. The number of hydrazone groups is 1. The van der Waals surface area contributed by atoms with Crippen molar-refractivity contribution in [3.8, 4) is 0 Å². The van der Waals surface area contributed by atoms with Crippen LogP contribution in [0.2, 0.25) is 0 Å². The summed E-state index contributed by atoms with van der Waals surface area (Å²) in [7, 11) is 0. The SMILES string of the molecule is O=[N+]([O-])c1ccc(N/N=C/c2cc(Br)c(Br)o2)cc1. The smallest absolute Gasteiger partial charge is 0.269 e. The zero-order chi connectivity index (χ0) is 13.8. The van der Waals surface area contributed by atoms with Gasteiger partial charge in [0.25, 0.3) is 5.69 Å². The largest absolute Gasteiger partial charge is 0.447 e. The van der Waals surface area contributed by atoms with Crippen molar-refractivity contribution < 1.29 is 9.34 Å². The Hall–Kier alpha value is -1.67. The Morgan fingerprint density at radius 1 is 1.32 bits per heavy atom. The summed E-state index contributed by atoms with van der Waals surface area (Å²) in [5, 5.41) is 14.4. The first-order valence-electron chi connectivity index (χ1n) is 5.04. The first-order valence-corrected chi connectivity index (χ1v) is 6.63. The van der Waals surface area contributed by atoms with Gasteiger partial charge in [0.1, 0.15) is 5.76 Å². The number of benzene rings is 1. The summed E-state index contributed by atoms with van der Waals surface area (Å²) >= 11 is 6.50. The molecule has 1 aromatic heterocycles. The van der Waals surface area contributed by atoms with Gasteiger partial charge in [-0.15, -0.1) is 0 Å². The van der Waals surface area contributed by atoms with Crippen LogP contribution in [-0.2, 0) is 0 Å². The van der Waals surface area contributed by atoms with Crippen molar-refractivity contribution in [1.82, 2.24) is 0 Å². The van der Waals surface area contributed by atoms with Crippen LogP contribution in [0.3, 0.4) is 0 Å². The summed E-state index contributed by atoms with van der Waals surface area (Å²) < 4.78 is 6.68. The number of rotatable bonds is 4. The predicted octanol–water partition coefficient (Wildman–Crippen LogP) is 4.16. The van der Waals surface area contributed by atoms with E-state index in [9.17, 15) is 10.1 Å². The first kappa shape index (κ1) is 13.8. The number of nitro groups is 1. The molecule has 0 spiro atoms. The summed E-state index contributed by atoms with van der Waals surface area (Å²) in [6.45, 7) is 0. The van der Waals surface area contributed by atoms with E-state index in [4.69, 9.17) is 4.42 Å². The molecule has 0 atom stereocenters. The van der Waals surface area contributed by atoms with Crippen molar-refractivity contribution in [3.63, 3.8) is 0 Å². The lowest BCUT2D eigenvalue weighted by molar-refractivity contribution is -0.384. The minimum atomic E-state index is -0.453. The molecule has 0 fully saturated rings. The number of hydrogen-bond acceptors (Lipinski definition) is 5. The van der Waals surface area contributed by atoms with Crippen molar-refractivity contribution >= 4 is 49.4 Å². The number of anilines is 1. The zero-order valence-corrected chi connectivity index (χ0v) is 12.5. The van der Waals surface area contributed by atoms with E-state index >= 15 is 0 Å². The summed E-state index contributed by atoms with van der Waals surface area (Å²) in [5.41, 5.74) is 3.42. The van der Waals surface area contributed by atoms with Crippen LogP contribution in [0.4, 0.5) is 11.4 Å². The number of non-ortho nitro benzene ring substituents is 1. The molecule has 1 aromatic carbocycles. The van der Waals surface area contributed by atoms with E-state index in [2.05, 4.69) is 42.4 Å². The number of hydrogen-bond donors (Lipinski definition) is 1. The number of nitro benzene ring substituents is 1. The third-order valence-corrected chi connectivity index (χ3v) is 3.84. The van der Waals surface area contributed by atoms with Crippen LogP contribution in [0.15, 0.2) is 49.0 Å². The van der Waals surface area contributed by atoms with Gasteiger partial charge in [0.15, 0.2) is 4.67 Å². The molecule has 0 amide bonds. The summed E-state index contributed by atoms with van der Waals surface area (Å²) in [6, 6.07) is 7.70. The van der Waals surface area contributed by atoms with Crippen LogP contribution in [0.1, 0.15) is 5.76 Å². The number of nitrogens with zero attached hydrogens (tertiary/aromatic N) is 2. The lowest BCUT2D eigenvalue weighted by atomic mass is 10.3. The van der Waals surface area contributed by atoms with Gasteiger partial charge in [-0.3, -0.25) is 15.5 Å². The van der Waals surface area contributed by atoms with E-state index in [1.807, 2.05) is 0 Å². The van der Waals surface area contributed by atoms with Crippen LogP contribution in [0.25, 0.3) is 0 Å². The van der Waals surface area contributed by atoms with E-state index in [-0.39, 0.29) is 5.69 Å². The third-order valence-electron chi connectivity index (χ3n) is 2.13. The topological polar surface area (TPSA) is 80.7 Å². The first-order chi connectivity index (χ1) is 9.06. The van der Waals surface area contributed by atoms with Gasteiger partial charge in [-0.05, 0) is 44.0 Å². The summed E-state index contributed by atoms with van der Waals surface area (Å²) in [4.78, 5) is 10.0. The maximum absolute atomic E-state index is 10.5. The van der Waals surface area contributed by atoms with Gasteiger partial charge in [0.05, 0.1) is 21.3 Å². The van der Waals surface area contributed by atoms with Gasteiger partial charge in [-0.1, -0.05) is 0 Å². The van der Waals surface area contributed by atoms with Gasteiger partial charge >= 0.3 is 0 Å². The molecule has 2 rings (SSSR count). The van der Waals surface area contributed by atoms with E-state index in [1.165, 1.54) is 18.3 Å². The summed E-state index contributed by atoms with van der Waals surface area (Å²) in [5.74, 6) is 0.563. The number of nitrogens with one attached hydrogen (secondary N) is 1. The molecule has 0 aliphatic rings. The lowest BCUT2D eigenvalue weighted by Gasteiger charge is -1.98. The van der Waals surface area contributed by atoms with E-state index in [0.717, 1.165) is 4.47 Å². The van der Waals surface area contributed by atoms with Crippen LogP contribution in [-0.4, -0.2) is 11.1 Å². The lowest BCUT2D eigenvalue weighted by Crippen LogP contribution is -1.91. The molecule has 0 aliphatic carbocycles. The fourth-order valence-electron chi connectivity index (χ4n) is 1.26. The minimum Gasteiger partial charge on any atom is -0.447 e. The molecule has 1 N–H and O–H groups in total. The highest BCUT2D eigenvalue weighted by molar-refractivity contribution is 9.13. The molecule has 8 heteroatoms. The molecule has 0 saturated carbocycles. The van der Waals surface area contributed by atoms with Gasteiger partial charge in [-0.25, -0.2) is 0 Å². The van der Waals surface area contributed by atoms with E-state index < -0.39 is 4.92 Å². The van der Waals surface area contributed by atoms with Crippen LogP contribution >= 0.6 is 31.9 Å². The highest BCUT2D eigenvalue weighted by atomic mass is 79.9. The number of furan rings is 1. The highest BCUT2D eigenvalue weighted by Gasteiger charge is 2.04. The molecule has 0 bridgehead atoms. The molecular formula is C11H7Br2N3O3. The minimum absolute atomic E-state index is 0.0356. The van der Waals surface area contributed by atoms with Crippen molar-refractivity contribution in [3.05, 3.63) is 55.3 Å². The average molecular weight is 389 g/mol. The second kappa shape index (κ2) is 5.98. The quantitative estimate of drug-likeness (QED) is 0.484. The molecule has 0 saturated heterocycles. The monoisotopic (exact) mass is 387 g/mol. The molecule has 6 nitrogen and oxygen atoms in total. The Bertz CT molecular complexity index is 603. The van der Waals surface area contributed by atoms with Crippen molar-refractivity contribution in [2.75, 3.05) is 5.43 Å². The average Bonchev–Trinajstić information content (AvgIpc) is 2.69. The van der Waals surface area contributed by atoms with E-state index in [0.29, 0.717) is 16.1 Å². The van der Waals surface area contributed by atoms with Crippen molar-refractivity contribution in [2.45, 2.75) is 0 Å². The maximum Gasteiger partial charge on any atom is 0.269 e. The Kier molecular flexibility index (Phi) is 4.33. The standard InChI is InChI=1S/C11H7Br2N3O3/c12-10-5-9(19-11(10)13)6-14-15-7-1-3-8(4-2-7)16(17)18/h1-6,15H/b14-6+. The number of halogens is 2. The van der Waals surface area contributed by atoms with Crippen molar-refractivity contribution in [1.29, 1.82) is 0 Å². The molecule has 0 unspecified atom stereocenters. The Morgan fingerprint density at radius 3 is 2.53 bits per heavy atom. The van der Waals surface area contributed by atoms with Gasteiger partial charge < -0.3 is 4.42 Å². The van der Waals surface area contributed by atoms with Gasteiger partial charge in [-0.2, -0.15) is 5.10 Å². The van der Waals surface area contributed by atoms with Crippen LogP contribution < -0.4 is 5.43 Å². The maximum atomic E-state index is 10.5. The molecule has 19 heavy (non-hydrogen) atoms. The molecule has 2 aromatic rings. The highest BCUT2D eigenvalue weighted by Crippen LogP contribution is 2.25. The molecule has 0 radical (unpaired) electrons. The second-order valence-electron chi connectivity index (χ2n) is 3.44. The second-order valence-corrected chi connectivity index (χ2v) is 5.02. The fraction of sp³-hybridized carbons (Fsp3) is 0. The molecule has 98 valence electrons. The van der Waals surface area contributed by atoms with E-state index in [1.54, 1.807) is 18.2 Å². The zero-order valence-electron chi connectivity index (χ0n) is 9.34. The molecular weight excluding hydrogens is 382 g/mol. The molecule has 0 aliphatic heterocycles. The Labute approximate surface area is 124 Å². The summed E-state index contributed by atoms with van der Waals surface area (Å²) in [6.07, 6.45) is 1.50. The van der Waals surface area contributed by atoms with Gasteiger partial charge in [0.2, 0.25) is 0 Å². The normalized spacial score (nSPS) is 10.8. The third kappa shape index (κ3) is 3.65. The van der Waals surface area contributed by atoms with Gasteiger partial charge in [0, 0.05) is 18.2 Å². The van der Waals surface area contributed by atoms with Crippen LogP contribution in [0.5, 0.6) is 0 Å². The Balaban J connectivity index is 2.00. The van der Waals surface area contributed by atoms with Crippen molar-refractivity contribution in [2.24, 2.45) is 5.10 Å². The Morgan fingerprint density at radius 2 is 2.00 bits per heavy atom. The predicted molar refractivity (Wildman–Crippen MR) is 78.4 cm³/mol. The molecule has 1 heterocycles. The van der Waals surface area contributed by atoms with Crippen LogP contribution in [0, 0.1) is 10.1 Å².